The van der Waals surface area contributed by atoms with Gasteiger partial charge in [-0.15, -0.1) is 0 Å². The first-order valence-electron chi connectivity index (χ1n) is 8.79. The van der Waals surface area contributed by atoms with Crippen LogP contribution in [0.3, 0.4) is 0 Å². The predicted molar refractivity (Wildman–Crippen MR) is 100 cm³/mol. The Morgan fingerprint density at radius 1 is 1.11 bits per heavy atom. The Morgan fingerprint density at radius 3 is 2.50 bits per heavy atom. The van der Waals surface area contributed by atoms with Crippen LogP contribution in [0.5, 0.6) is 0 Å². The standard InChI is InChI=1S/C20H20F3N3O2/c1-12-7-8-14(11-13(12)2)26-10-9-17(18(26)27)25-19(28)24-16-6-4-3-5-15(16)20(21,22)23/h3-8,11,17H,9-10H2,1-2H3,(H2,24,25,28)/t17-/m0/s1. The number of anilines is 2. The molecule has 0 bridgehead atoms. The van der Waals surface area contributed by atoms with Gasteiger partial charge in [-0.2, -0.15) is 13.2 Å². The summed E-state index contributed by atoms with van der Waals surface area (Å²) < 4.78 is 39.1. The first-order chi connectivity index (χ1) is 13.2. The van der Waals surface area contributed by atoms with Gasteiger partial charge in [0.05, 0.1) is 11.3 Å². The van der Waals surface area contributed by atoms with Crippen molar-refractivity contribution in [3.05, 3.63) is 59.2 Å². The molecule has 0 aliphatic carbocycles. The number of hydrogen-bond acceptors (Lipinski definition) is 2. The maximum Gasteiger partial charge on any atom is 0.418 e. The molecule has 0 radical (unpaired) electrons. The van der Waals surface area contributed by atoms with Gasteiger partial charge in [0, 0.05) is 12.2 Å². The van der Waals surface area contributed by atoms with Gasteiger partial charge in [-0.3, -0.25) is 4.79 Å². The Balaban J connectivity index is 1.67. The van der Waals surface area contributed by atoms with Crippen LogP contribution in [-0.2, 0) is 11.0 Å². The fraction of sp³-hybridized carbons (Fsp3) is 0.300. The van der Waals surface area contributed by atoms with Crippen molar-refractivity contribution < 1.29 is 22.8 Å². The van der Waals surface area contributed by atoms with Crippen LogP contribution in [0.1, 0.15) is 23.1 Å². The molecule has 1 atom stereocenters. The molecular formula is C20H20F3N3O2. The van der Waals surface area contributed by atoms with E-state index in [1.54, 1.807) is 4.90 Å². The number of rotatable bonds is 3. The predicted octanol–water partition coefficient (Wildman–Crippen LogP) is 4.25. The van der Waals surface area contributed by atoms with Crippen LogP contribution in [0.2, 0.25) is 0 Å². The smallest absolute Gasteiger partial charge is 0.326 e. The Kier molecular flexibility index (Phi) is 5.31. The molecule has 28 heavy (non-hydrogen) atoms. The van der Waals surface area contributed by atoms with Crippen LogP contribution < -0.4 is 15.5 Å². The minimum Gasteiger partial charge on any atom is -0.326 e. The third kappa shape index (κ3) is 4.11. The van der Waals surface area contributed by atoms with Crippen LogP contribution in [0.15, 0.2) is 42.5 Å². The van der Waals surface area contributed by atoms with Gasteiger partial charge in [0.1, 0.15) is 6.04 Å². The summed E-state index contributed by atoms with van der Waals surface area (Å²) in [6, 6.07) is 8.70. The minimum atomic E-state index is -4.59. The van der Waals surface area contributed by atoms with Gasteiger partial charge in [0.25, 0.3) is 0 Å². The molecule has 0 unspecified atom stereocenters. The topological polar surface area (TPSA) is 61.4 Å². The summed E-state index contributed by atoms with van der Waals surface area (Å²) >= 11 is 0. The fourth-order valence-corrected chi connectivity index (χ4v) is 3.12. The summed E-state index contributed by atoms with van der Waals surface area (Å²) in [4.78, 5) is 26.4. The molecule has 2 N–H and O–H groups in total. The van der Waals surface area contributed by atoms with E-state index in [1.165, 1.54) is 18.2 Å². The van der Waals surface area contributed by atoms with Gasteiger partial charge in [-0.1, -0.05) is 18.2 Å². The lowest BCUT2D eigenvalue weighted by Gasteiger charge is -2.19. The largest absolute Gasteiger partial charge is 0.418 e. The molecule has 8 heteroatoms. The molecule has 0 saturated carbocycles. The van der Waals surface area contributed by atoms with Crippen molar-refractivity contribution in [2.24, 2.45) is 0 Å². The van der Waals surface area contributed by atoms with Gasteiger partial charge in [0.15, 0.2) is 0 Å². The van der Waals surface area contributed by atoms with Crippen molar-refractivity contribution in [2.75, 3.05) is 16.8 Å². The van der Waals surface area contributed by atoms with E-state index in [2.05, 4.69) is 10.6 Å². The molecule has 2 aromatic carbocycles. The average Bonchev–Trinajstić information content (AvgIpc) is 2.97. The number of amides is 3. The Bertz CT molecular complexity index is 912. The zero-order valence-electron chi connectivity index (χ0n) is 15.4. The second kappa shape index (κ2) is 7.53. The van der Waals surface area contributed by atoms with E-state index in [4.69, 9.17) is 0 Å². The monoisotopic (exact) mass is 391 g/mol. The molecule has 1 heterocycles. The van der Waals surface area contributed by atoms with Crippen molar-refractivity contribution in [3.63, 3.8) is 0 Å². The fourth-order valence-electron chi connectivity index (χ4n) is 3.12. The highest BCUT2D eigenvalue weighted by atomic mass is 19.4. The molecule has 1 aliphatic rings. The number of benzene rings is 2. The number of alkyl halides is 3. The van der Waals surface area contributed by atoms with Gasteiger partial charge in [-0.05, 0) is 55.7 Å². The third-order valence-electron chi connectivity index (χ3n) is 4.79. The average molecular weight is 391 g/mol. The summed E-state index contributed by atoms with van der Waals surface area (Å²) in [7, 11) is 0. The highest BCUT2D eigenvalue weighted by Crippen LogP contribution is 2.34. The molecule has 1 fully saturated rings. The third-order valence-corrected chi connectivity index (χ3v) is 4.79. The van der Waals surface area contributed by atoms with Crippen molar-refractivity contribution in [1.82, 2.24) is 5.32 Å². The minimum absolute atomic E-state index is 0.289. The van der Waals surface area contributed by atoms with E-state index in [1.807, 2.05) is 32.0 Å². The Morgan fingerprint density at radius 2 is 1.82 bits per heavy atom. The van der Waals surface area contributed by atoms with E-state index in [0.29, 0.717) is 13.0 Å². The summed E-state index contributed by atoms with van der Waals surface area (Å²) in [5.41, 5.74) is 1.58. The van der Waals surface area contributed by atoms with E-state index < -0.39 is 23.8 Å². The van der Waals surface area contributed by atoms with E-state index in [0.717, 1.165) is 22.9 Å². The lowest BCUT2D eigenvalue weighted by molar-refractivity contribution is -0.137. The second-order valence-corrected chi connectivity index (χ2v) is 6.74. The zero-order chi connectivity index (χ0) is 20.5. The van der Waals surface area contributed by atoms with Gasteiger partial charge in [0.2, 0.25) is 5.91 Å². The molecule has 0 aromatic heterocycles. The van der Waals surface area contributed by atoms with E-state index in [-0.39, 0.29) is 11.6 Å². The van der Waals surface area contributed by atoms with Crippen molar-refractivity contribution in [2.45, 2.75) is 32.5 Å². The van der Waals surface area contributed by atoms with Gasteiger partial charge in [-0.25, -0.2) is 4.79 Å². The molecule has 2 aromatic rings. The van der Waals surface area contributed by atoms with Crippen LogP contribution in [0, 0.1) is 13.8 Å². The van der Waals surface area contributed by atoms with Crippen molar-refractivity contribution in [1.29, 1.82) is 0 Å². The molecular weight excluding hydrogens is 371 g/mol. The van der Waals surface area contributed by atoms with Crippen molar-refractivity contribution in [3.8, 4) is 0 Å². The number of aryl methyl sites for hydroxylation is 2. The summed E-state index contributed by atoms with van der Waals surface area (Å²) in [5, 5.41) is 4.67. The number of nitrogens with zero attached hydrogens (tertiary/aromatic N) is 1. The number of nitrogens with one attached hydrogen (secondary N) is 2. The SMILES string of the molecule is Cc1ccc(N2CC[C@H](NC(=O)Nc3ccccc3C(F)(F)F)C2=O)cc1C. The first kappa shape index (κ1) is 19.7. The number of halogens is 3. The number of para-hydroxylation sites is 1. The molecule has 3 rings (SSSR count). The number of hydrogen-bond donors (Lipinski definition) is 2. The van der Waals surface area contributed by atoms with Crippen LogP contribution >= 0.6 is 0 Å². The van der Waals surface area contributed by atoms with Gasteiger partial charge < -0.3 is 15.5 Å². The lowest BCUT2D eigenvalue weighted by Crippen LogP contribution is -2.43. The Labute approximate surface area is 160 Å². The Hall–Kier alpha value is -3.03. The zero-order valence-corrected chi connectivity index (χ0v) is 15.4. The van der Waals surface area contributed by atoms with E-state index >= 15 is 0 Å². The van der Waals surface area contributed by atoms with Gasteiger partial charge >= 0.3 is 12.2 Å². The highest BCUT2D eigenvalue weighted by molar-refractivity contribution is 6.02. The molecule has 3 amide bonds. The van der Waals surface area contributed by atoms with Crippen LogP contribution in [-0.4, -0.2) is 24.5 Å². The van der Waals surface area contributed by atoms with Crippen LogP contribution in [0.4, 0.5) is 29.3 Å². The normalized spacial score (nSPS) is 17.0. The molecule has 148 valence electrons. The molecule has 5 nitrogen and oxygen atoms in total. The first-order valence-corrected chi connectivity index (χ1v) is 8.79. The lowest BCUT2D eigenvalue weighted by atomic mass is 10.1. The summed E-state index contributed by atoms with van der Waals surface area (Å²) in [6.45, 7) is 4.34. The van der Waals surface area contributed by atoms with E-state index in [9.17, 15) is 22.8 Å². The quantitative estimate of drug-likeness (QED) is 0.822. The molecule has 0 spiro atoms. The van der Waals surface area contributed by atoms with Crippen molar-refractivity contribution >= 4 is 23.3 Å². The highest BCUT2D eigenvalue weighted by Gasteiger charge is 2.35. The maximum atomic E-state index is 13.0. The second-order valence-electron chi connectivity index (χ2n) is 6.74. The maximum absolute atomic E-state index is 13.0. The molecule has 1 aliphatic heterocycles. The molecule has 1 saturated heterocycles. The summed E-state index contributed by atoms with van der Waals surface area (Å²) in [6.07, 6.45) is -4.22. The number of urea groups is 1. The number of carbonyl (C=O) groups excluding carboxylic acids is 2. The number of carbonyl (C=O) groups is 2. The summed E-state index contributed by atoms with van der Waals surface area (Å²) in [5.74, 6) is -0.289. The van der Waals surface area contributed by atoms with Crippen LogP contribution in [0.25, 0.3) is 0 Å².